The molecule has 1 aromatic rings. The lowest BCUT2D eigenvalue weighted by Crippen LogP contribution is -2.19. The van der Waals surface area contributed by atoms with E-state index < -0.39 is 6.61 Å². The van der Waals surface area contributed by atoms with Gasteiger partial charge in [0.25, 0.3) is 0 Å². The maximum atomic E-state index is 12.2. The van der Waals surface area contributed by atoms with E-state index in [0.29, 0.717) is 30.3 Å². The second-order valence-corrected chi connectivity index (χ2v) is 3.67. The molecule has 0 saturated heterocycles. The van der Waals surface area contributed by atoms with Gasteiger partial charge in [-0.2, -0.15) is 8.78 Å². The highest BCUT2D eigenvalue weighted by molar-refractivity contribution is 6.31. The van der Waals surface area contributed by atoms with Crippen molar-refractivity contribution in [2.75, 3.05) is 20.3 Å². The molecule has 0 aliphatic rings. The van der Waals surface area contributed by atoms with Gasteiger partial charge in [-0.1, -0.05) is 17.7 Å². The van der Waals surface area contributed by atoms with Crippen LogP contribution in [0, 0.1) is 0 Å². The Bertz CT molecular complexity index is 350. The molecule has 0 aliphatic carbocycles. The third kappa shape index (κ3) is 4.85. The maximum Gasteiger partial charge on any atom is 0.387 e. The summed E-state index contributed by atoms with van der Waals surface area (Å²) in [4.78, 5) is 0. The molecule has 0 unspecified atom stereocenters. The SMILES string of the molecule is COCCNCc1c(Cl)cccc1OC(F)F. The first kappa shape index (κ1) is 14.2. The van der Waals surface area contributed by atoms with Gasteiger partial charge in [0.2, 0.25) is 0 Å². The van der Waals surface area contributed by atoms with Gasteiger partial charge in [-0.25, -0.2) is 0 Å². The van der Waals surface area contributed by atoms with E-state index in [9.17, 15) is 8.78 Å². The zero-order valence-corrected chi connectivity index (χ0v) is 10.1. The third-order valence-electron chi connectivity index (χ3n) is 2.08. The summed E-state index contributed by atoms with van der Waals surface area (Å²) >= 11 is 5.93. The van der Waals surface area contributed by atoms with Crippen molar-refractivity contribution < 1.29 is 18.3 Å². The normalized spacial score (nSPS) is 10.9. The van der Waals surface area contributed by atoms with Crippen LogP contribution in [0.1, 0.15) is 5.56 Å². The first-order valence-electron chi connectivity index (χ1n) is 5.07. The van der Waals surface area contributed by atoms with Gasteiger partial charge in [0.05, 0.1) is 6.61 Å². The Kier molecular flexibility index (Phi) is 6.18. The van der Waals surface area contributed by atoms with Crippen LogP contribution in [-0.4, -0.2) is 26.9 Å². The van der Waals surface area contributed by atoms with Crippen LogP contribution in [0.3, 0.4) is 0 Å². The molecule has 0 amide bonds. The number of alkyl halides is 2. The zero-order valence-electron chi connectivity index (χ0n) is 9.38. The quantitative estimate of drug-likeness (QED) is 0.769. The topological polar surface area (TPSA) is 30.5 Å². The molecule has 0 spiro atoms. The van der Waals surface area contributed by atoms with Gasteiger partial charge in [-0.3, -0.25) is 0 Å². The van der Waals surface area contributed by atoms with Gasteiger partial charge in [0, 0.05) is 30.8 Å². The standard InChI is InChI=1S/C11H14ClF2NO2/c1-16-6-5-15-7-8-9(12)3-2-4-10(8)17-11(13)14/h2-4,11,15H,5-7H2,1H3. The fourth-order valence-corrected chi connectivity index (χ4v) is 1.54. The number of rotatable bonds is 7. The Morgan fingerprint density at radius 3 is 2.82 bits per heavy atom. The van der Waals surface area contributed by atoms with Crippen molar-refractivity contribution in [1.29, 1.82) is 0 Å². The minimum absolute atomic E-state index is 0.0948. The highest BCUT2D eigenvalue weighted by Crippen LogP contribution is 2.27. The summed E-state index contributed by atoms with van der Waals surface area (Å²) in [5.74, 6) is 0.0948. The average Bonchev–Trinajstić information content (AvgIpc) is 2.26. The van der Waals surface area contributed by atoms with Crippen LogP contribution < -0.4 is 10.1 Å². The summed E-state index contributed by atoms with van der Waals surface area (Å²) in [7, 11) is 1.59. The Hall–Kier alpha value is -0.910. The van der Waals surface area contributed by atoms with Crippen LogP contribution in [0.15, 0.2) is 18.2 Å². The van der Waals surface area contributed by atoms with Gasteiger partial charge in [0.1, 0.15) is 5.75 Å². The molecule has 0 saturated carbocycles. The molecule has 0 heterocycles. The molecule has 0 radical (unpaired) electrons. The lowest BCUT2D eigenvalue weighted by molar-refractivity contribution is -0.0504. The summed E-state index contributed by atoms with van der Waals surface area (Å²) < 4.78 is 33.6. The lowest BCUT2D eigenvalue weighted by atomic mass is 10.2. The Labute approximate surface area is 104 Å². The molecule has 0 atom stereocenters. The van der Waals surface area contributed by atoms with E-state index in [4.69, 9.17) is 16.3 Å². The van der Waals surface area contributed by atoms with Crippen molar-refractivity contribution in [3.8, 4) is 5.75 Å². The van der Waals surface area contributed by atoms with Gasteiger partial charge >= 0.3 is 6.61 Å². The lowest BCUT2D eigenvalue weighted by Gasteiger charge is -2.12. The highest BCUT2D eigenvalue weighted by Gasteiger charge is 2.11. The number of nitrogens with one attached hydrogen (secondary N) is 1. The largest absolute Gasteiger partial charge is 0.434 e. The summed E-state index contributed by atoms with van der Waals surface area (Å²) in [6, 6.07) is 4.66. The molecule has 0 fully saturated rings. The fraction of sp³-hybridized carbons (Fsp3) is 0.455. The van der Waals surface area contributed by atoms with E-state index in [0.717, 1.165) is 0 Å². The molecule has 96 valence electrons. The van der Waals surface area contributed by atoms with E-state index in [2.05, 4.69) is 10.1 Å². The maximum absolute atomic E-state index is 12.2. The molecule has 0 aliphatic heterocycles. The fourth-order valence-electron chi connectivity index (χ4n) is 1.30. The van der Waals surface area contributed by atoms with Crippen LogP contribution >= 0.6 is 11.6 Å². The summed E-state index contributed by atoms with van der Waals surface area (Å²) in [5.41, 5.74) is 0.519. The number of halogens is 3. The predicted molar refractivity (Wildman–Crippen MR) is 61.7 cm³/mol. The summed E-state index contributed by atoms with van der Waals surface area (Å²) in [6.07, 6.45) is 0. The zero-order chi connectivity index (χ0) is 12.7. The van der Waals surface area contributed by atoms with Crippen molar-refractivity contribution in [1.82, 2.24) is 5.32 Å². The first-order valence-corrected chi connectivity index (χ1v) is 5.44. The highest BCUT2D eigenvalue weighted by atomic mass is 35.5. The molecule has 1 rings (SSSR count). The number of hydrogen-bond donors (Lipinski definition) is 1. The van der Waals surface area contributed by atoms with Crippen molar-refractivity contribution in [3.63, 3.8) is 0 Å². The van der Waals surface area contributed by atoms with Gasteiger partial charge in [-0.15, -0.1) is 0 Å². The second-order valence-electron chi connectivity index (χ2n) is 3.26. The van der Waals surface area contributed by atoms with Gasteiger partial charge in [0.15, 0.2) is 0 Å². The van der Waals surface area contributed by atoms with Crippen LogP contribution in [-0.2, 0) is 11.3 Å². The summed E-state index contributed by atoms with van der Waals surface area (Å²) in [6.45, 7) is -1.36. The monoisotopic (exact) mass is 265 g/mol. The Morgan fingerprint density at radius 1 is 1.41 bits per heavy atom. The van der Waals surface area contributed by atoms with Crippen molar-refractivity contribution >= 4 is 11.6 Å². The Balaban J connectivity index is 2.66. The molecule has 1 N–H and O–H groups in total. The molecule has 0 bridgehead atoms. The Morgan fingerprint density at radius 2 is 2.18 bits per heavy atom. The van der Waals surface area contributed by atoms with E-state index in [1.807, 2.05) is 0 Å². The minimum Gasteiger partial charge on any atom is -0.434 e. The molecule has 1 aromatic carbocycles. The summed E-state index contributed by atoms with van der Waals surface area (Å²) in [5, 5.41) is 3.42. The molecular weight excluding hydrogens is 252 g/mol. The van der Waals surface area contributed by atoms with E-state index >= 15 is 0 Å². The van der Waals surface area contributed by atoms with Crippen LogP contribution in [0.5, 0.6) is 5.75 Å². The van der Waals surface area contributed by atoms with E-state index in [1.54, 1.807) is 19.2 Å². The van der Waals surface area contributed by atoms with Gasteiger partial charge < -0.3 is 14.8 Å². The third-order valence-corrected chi connectivity index (χ3v) is 2.43. The van der Waals surface area contributed by atoms with Crippen molar-refractivity contribution in [3.05, 3.63) is 28.8 Å². The number of methoxy groups -OCH3 is 1. The first-order chi connectivity index (χ1) is 8.15. The second kappa shape index (κ2) is 7.42. The molecule has 3 nitrogen and oxygen atoms in total. The van der Waals surface area contributed by atoms with Crippen molar-refractivity contribution in [2.45, 2.75) is 13.2 Å². The molecular formula is C11H14ClF2NO2. The van der Waals surface area contributed by atoms with E-state index in [-0.39, 0.29) is 5.75 Å². The van der Waals surface area contributed by atoms with Gasteiger partial charge in [-0.05, 0) is 12.1 Å². The number of ether oxygens (including phenoxy) is 2. The van der Waals surface area contributed by atoms with Crippen LogP contribution in [0.2, 0.25) is 5.02 Å². The number of hydrogen-bond acceptors (Lipinski definition) is 3. The molecule has 0 aromatic heterocycles. The molecule has 17 heavy (non-hydrogen) atoms. The van der Waals surface area contributed by atoms with Crippen LogP contribution in [0.25, 0.3) is 0 Å². The number of benzene rings is 1. The smallest absolute Gasteiger partial charge is 0.387 e. The van der Waals surface area contributed by atoms with Crippen LogP contribution in [0.4, 0.5) is 8.78 Å². The van der Waals surface area contributed by atoms with Crippen molar-refractivity contribution in [2.24, 2.45) is 0 Å². The predicted octanol–water partition coefficient (Wildman–Crippen LogP) is 2.68. The average molecular weight is 266 g/mol. The minimum atomic E-state index is -2.86. The van der Waals surface area contributed by atoms with E-state index in [1.165, 1.54) is 6.07 Å². The molecule has 6 heteroatoms.